The molecule has 20 heavy (non-hydrogen) atoms. The van der Waals surface area contributed by atoms with Crippen molar-refractivity contribution >= 4 is 11.9 Å². The van der Waals surface area contributed by atoms with Crippen LogP contribution in [0.2, 0.25) is 0 Å². The second-order valence-electron chi connectivity index (χ2n) is 2.59. The molecule has 0 bridgehead atoms. The molecule has 0 amide bonds. The van der Waals surface area contributed by atoms with Gasteiger partial charge >= 0.3 is 23.2 Å². The molecular formula is C10H6MoO9. The van der Waals surface area contributed by atoms with Crippen LogP contribution in [-0.2, 0) is 51.7 Å². The summed E-state index contributed by atoms with van der Waals surface area (Å²) in [5.74, 6) is -3.42. The van der Waals surface area contributed by atoms with Crippen molar-refractivity contribution in [3.05, 3.63) is 49.1 Å². The zero-order chi connectivity index (χ0) is 15.4. The van der Waals surface area contributed by atoms with Crippen LogP contribution < -0.4 is 10.2 Å². The van der Waals surface area contributed by atoms with Gasteiger partial charge in [-0.2, -0.15) is 0 Å². The van der Waals surface area contributed by atoms with Gasteiger partial charge in [0.2, 0.25) is 0 Å². The molecule has 0 saturated carbocycles. The minimum atomic E-state index is -1.39. The Morgan fingerprint density at radius 1 is 0.800 bits per heavy atom. The molecule has 0 saturated heterocycles. The van der Waals surface area contributed by atoms with Gasteiger partial charge in [-0.15, -0.1) is 0 Å². The average molecular weight is 366 g/mol. The average Bonchev–Trinajstić information content (AvgIpc) is 2.51. The molecule has 2 heterocycles. The Kier molecular flexibility index (Phi) is 9.24. The molecule has 0 N–H and O–H groups in total. The topological polar surface area (TPSA) is 134 Å². The van der Waals surface area contributed by atoms with E-state index in [4.69, 9.17) is 3.40 Å². The molecule has 10 heteroatoms. The Morgan fingerprint density at radius 2 is 1.15 bits per heavy atom. The van der Waals surface area contributed by atoms with E-state index < -0.39 is 11.9 Å². The first-order valence-corrected chi connectivity index (χ1v) is 5.37. The van der Waals surface area contributed by atoms with Crippen molar-refractivity contribution in [2.24, 2.45) is 0 Å². The first-order chi connectivity index (χ1) is 9.61. The van der Waals surface area contributed by atoms with E-state index in [1.54, 1.807) is 0 Å². The molecule has 0 radical (unpaired) electrons. The van der Waals surface area contributed by atoms with E-state index in [0.29, 0.717) is 19.8 Å². The van der Waals surface area contributed by atoms with Gasteiger partial charge in [-0.1, -0.05) is 0 Å². The Hall–Kier alpha value is -2.41. The molecular weight excluding hydrogens is 360 g/mol. The molecule has 0 atom stereocenters. The summed E-state index contributed by atoms with van der Waals surface area (Å²) >= 11 is 0.700. The predicted molar refractivity (Wildman–Crippen MR) is 49.5 cm³/mol. The molecule has 2 aliphatic heterocycles. The summed E-state index contributed by atoms with van der Waals surface area (Å²) in [6.45, 7) is 0. The number of carboxylic acid groups (broad SMARTS) is 2. The van der Waals surface area contributed by atoms with Gasteiger partial charge in [0.15, 0.2) is 11.5 Å². The van der Waals surface area contributed by atoms with Crippen LogP contribution in [0.25, 0.3) is 0 Å². The molecule has 0 aromatic rings. The van der Waals surface area contributed by atoms with E-state index in [1.165, 1.54) is 12.5 Å². The fraction of sp³-hybridized carbons (Fsp3) is 0. The first kappa shape index (κ1) is 17.6. The van der Waals surface area contributed by atoms with Crippen LogP contribution in [0.3, 0.4) is 0 Å². The van der Waals surface area contributed by atoms with Gasteiger partial charge < -0.3 is 38.7 Å². The normalized spacial score (nSPS) is 13.9. The predicted octanol–water partition coefficient (Wildman–Crippen LogP) is -1.93. The maximum absolute atomic E-state index is 9.94. The number of ether oxygens (including phenoxy) is 4. The number of rotatable bonds is 2. The minimum absolute atomic E-state index is 0.322. The third-order valence-electron chi connectivity index (χ3n) is 1.41. The number of hydrogen-bond donors (Lipinski definition) is 0. The van der Waals surface area contributed by atoms with E-state index in [1.807, 2.05) is 0 Å². The summed E-state index contributed by atoms with van der Waals surface area (Å²) in [5.41, 5.74) is 0. The molecule has 0 aromatic carbocycles. The van der Waals surface area contributed by atoms with Crippen molar-refractivity contribution in [3.8, 4) is 0 Å². The SMILES string of the molecule is O=C([O-])C1=COC=CO1.O=C([O-])C1=COC=CO1.[O]=[Mo+2]. The van der Waals surface area contributed by atoms with Crippen LogP contribution >= 0.6 is 0 Å². The molecule has 0 fully saturated rings. The van der Waals surface area contributed by atoms with Crippen molar-refractivity contribution in [1.82, 2.24) is 0 Å². The summed E-state index contributed by atoms with van der Waals surface area (Å²) in [6.07, 6.45) is 6.57. The number of aliphatic carboxylic acids is 2. The van der Waals surface area contributed by atoms with Gasteiger partial charge in [-0.3, -0.25) is 0 Å². The monoisotopic (exact) mass is 368 g/mol. The van der Waals surface area contributed by atoms with Gasteiger partial charge in [-0.05, 0) is 0 Å². The number of hydrogen-bond acceptors (Lipinski definition) is 9. The Morgan fingerprint density at radius 3 is 1.30 bits per heavy atom. The molecule has 2 rings (SSSR count). The first-order valence-electron chi connectivity index (χ1n) is 4.55. The van der Waals surface area contributed by atoms with Crippen LogP contribution in [0.5, 0.6) is 0 Å². The molecule has 2 aliphatic rings. The van der Waals surface area contributed by atoms with Crippen LogP contribution in [0.15, 0.2) is 49.1 Å². The number of carboxylic acids is 2. The van der Waals surface area contributed by atoms with Crippen LogP contribution in [0.4, 0.5) is 0 Å². The van der Waals surface area contributed by atoms with Gasteiger partial charge in [0.05, 0.1) is 0 Å². The van der Waals surface area contributed by atoms with E-state index >= 15 is 0 Å². The molecule has 0 unspecified atom stereocenters. The van der Waals surface area contributed by atoms with Gasteiger partial charge in [0, 0.05) is 0 Å². The summed E-state index contributed by atoms with van der Waals surface area (Å²) in [7, 11) is 0. The van der Waals surface area contributed by atoms with E-state index in [0.717, 1.165) is 25.0 Å². The van der Waals surface area contributed by atoms with Crippen molar-refractivity contribution in [2.45, 2.75) is 0 Å². The van der Waals surface area contributed by atoms with Gasteiger partial charge in [0.25, 0.3) is 0 Å². The van der Waals surface area contributed by atoms with Crippen molar-refractivity contribution in [2.75, 3.05) is 0 Å². The zero-order valence-corrected chi connectivity index (χ0v) is 11.6. The summed E-state index contributed by atoms with van der Waals surface area (Å²) < 4.78 is 26.0. The van der Waals surface area contributed by atoms with Crippen LogP contribution in [0.1, 0.15) is 0 Å². The Bertz CT molecular complexity index is 421. The summed E-state index contributed by atoms with van der Waals surface area (Å²) in [4.78, 5) is 19.9. The van der Waals surface area contributed by atoms with Gasteiger partial charge in [-0.25, -0.2) is 0 Å². The van der Waals surface area contributed by atoms with Gasteiger partial charge in [0.1, 0.15) is 49.5 Å². The zero-order valence-electron chi connectivity index (χ0n) is 9.55. The van der Waals surface area contributed by atoms with E-state index in [-0.39, 0.29) is 11.5 Å². The van der Waals surface area contributed by atoms with E-state index in [9.17, 15) is 19.8 Å². The molecule has 9 nitrogen and oxygen atoms in total. The second-order valence-corrected chi connectivity index (χ2v) is 2.59. The number of carbonyl (C=O) groups is 2. The third kappa shape index (κ3) is 7.12. The Balaban J connectivity index is 0.000000321. The fourth-order valence-electron chi connectivity index (χ4n) is 0.716. The molecule has 106 valence electrons. The quantitative estimate of drug-likeness (QED) is 0.512. The van der Waals surface area contributed by atoms with Crippen molar-refractivity contribution in [1.29, 1.82) is 0 Å². The second kappa shape index (κ2) is 10.5. The summed E-state index contributed by atoms with van der Waals surface area (Å²) in [6, 6.07) is 0. The fourth-order valence-corrected chi connectivity index (χ4v) is 0.716. The van der Waals surface area contributed by atoms with E-state index in [2.05, 4.69) is 18.9 Å². The van der Waals surface area contributed by atoms with Crippen molar-refractivity contribution in [3.63, 3.8) is 0 Å². The standard InChI is InChI=1S/2C5H4O4.Mo.O/c2*6-5(7)4-3-8-1-2-9-4;;/h2*1-3H,(H,6,7);;/q;;+2;/p-2. The summed E-state index contributed by atoms with van der Waals surface area (Å²) in [5, 5.41) is 19.9. The molecule has 0 aliphatic carbocycles. The van der Waals surface area contributed by atoms with Crippen LogP contribution in [-0.4, -0.2) is 11.9 Å². The van der Waals surface area contributed by atoms with Crippen LogP contribution in [0, 0.1) is 0 Å². The third-order valence-corrected chi connectivity index (χ3v) is 1.41. The molecule has 0 spiro atoms. The molecule has 0 aromatic heterocycles. The van der Waals surface area contributed by atoms with Crippen molar-refractivity contribution < 1.29 is 61.9 Å². The maximum atomic E-state index is 9.94. The Labute approximate surface area is 123 Å². The number of carbonyl (C=O) groups excluding carboxylic acids is 2.